The van der Waals surface area contributed by atoms with Gasteiger partial charge >= 0.3 is 13.8 Å². The normalized spacial score (nSPS) is 13.3. The van der Waals surface area contributed by atoms with Gasteiger partial charge in [0.05, 0.1) is 5.56 Å². The van der Waals surface area contributed by atoms with Crippen molar-refractivity contribution in [1.82, 2.24) is 0 Å². The minimum absolute atomic E-state index is 0.147. The first-order valence-corrected chi connectivity index (χ1v) is 6.93. The van der Waals surface area contributed by atoms with E-state index in [-0.39, 0.29) is 11.3 Å². The van der Waals surface area contributed by atoms with E-state index in [9.17, 15) is 14.3 Å². The van der Waals surface area contributed by atoms with Crippen molar-refractivity contribution < 1.29 is 23.3 Å². The summed E-state index contributed by atoms with van der Waals surface area (Å²) in [7, 11) is -4.49. The van der Waals surface area contributed by atoms with Crippen LogP contribution in [0.3, 0.4) is 0 Å². The van der Waals surface area contributed by atoms with Crippen LogP contribution in [0.4, 0.5) is 0 Å². The van der Waals surface area contributed by atoms with Crippen molar-refractivity contribution in [3.05, 3.63) is 66.2 Å². The number of rotatable bonds is 4. The van der Waals surface area contributed by atoms with Crippen molar-refractivity contribution in [3.63, 3.8) is 0 Å². The molecule has 0 radical (unpaired) electrons. The van der Waals surface area contributed by atoms with E-state index >= 15 is 0 Å². The minimum Gasteiger partial charge on any atom is -0.395 e. The summed E-state index contributed by atoms with van der Waals surface area (Å²) in [6.07, 6.45) is 0. The summed E-state index contributed by atoms with van der Waals surface area (Å²) in [6.45, 7) is 0. The van der Waals surface area contributed by atoms with Crippen LogP contribution in [-0.2, 0) is 9.09 Å². The molecule has 0 saturated carbocycles. The van der Waals surface area contributed by atoms with E-state index in [4.69, 9.17) is 4.52 Å². The maximum atomic E-state index is 11.7. The molecule has 2 aromatic rings. The number of para-hydroxylation sites is 1. The lowest BCUT2D eigenvalue weighted by Gasteiger charge is -2.12. The Morgan fingerprint density at radius 1 is 0.947 bits per heavy atom. The topological polar surface area (TPSA) is 72.8 Å². The molecule has 1 N–H and O–H groups in total. The second kappa shape index (κ2) is 5.69. The molecule has 0 heterocycles. The van der Waals surface area contributed by atoms with Crippen molar-refractivity contribution >= 4 is 13.8 Å². The molecule has 2 aromatic carbocycles. The fourth-order valence-electron chi connectivity index (χ4n) is 1.36. The van der Waals surface area contributed by atoms with Crippen LogP contribution in [0.25, 0.3) is 0 Å². The smallest absolute Gasteiger partial charge is 0.395 e. The van der Waals surface area contributed by atoms with Gasteiger partial charge in [-0.2, -0.15) is 0 Å². The maximum absolute atomic E-state index is 11.7. The molecule has 0 spiro atoms. The van der Waals surface area contributed by atoms with E-state index in [1.807, 2.05) is 0 Å². The lowest BCUT2D eigenvalue weighted by Crippen LogP contribution is -2.06. The van der Waals surface area contributed by atoms with Crippen molar-refractivity contribution in [3.8, 4) is 5.75 Å². The lowest BCUT2D eigenvalue weighted by atomic mass is 10.2. The Bertz CT molecular complexity index is 597. The number of carbonyl (C=O) groups excluding carboxylic acids is 1. The van der Waals surface area contributed by atoms with Crippen LogP contribution in [0.1, 0.15) is 10.4 Å². The quantitative estimate of drug-likeness (QED) is 0.870. The molecular weight excluding hydrogens is 267 g/mol. The Kier molecular flexibility index (Phi) is 4.00. The molecule has 0 fully saturated rings. The number of benzene rings is 2. The predicted molar refractivity (Wildman–Crippen MR) is 68.8 cm³/mol. The van der Waals surface area contributed by atoms with Crippen molar-refractivity contribution in [2.45, 2.75) is 0 Å². The molecule has 2 rings (SSSR count). The van der Waals surface area contributed by atoms with E-state index in [2.05, 4.69) is 4.52 Å². The van der Waals surface area contributed by atoms with Gasteiger partial charge in [0.25, 0.3) is 0 Å². The standard InChI is InChI=1S/C13H11O5P/c14-13(11-7-3-1-4-8-11)18-19(15,16)17-12-9-5-2-6-10-12/h1-10H,(H,15,16). The van der Waals surface area contributed by atoms with Gasteiger partial charge in [-0.25, -0.2) is 9.36 Å². The highest BCUT2D eigenvalue weighted by Crippen LogP contribution is 2.44. The van der Waals surface area contributed by atoms with Gasteiger partial charge in [0.15, 0.2) is 0 Å². The summed E-state index contributed by atoms with van der Waals surface area (Å²) in [5.41, 5.74) is 0.174. The van der Waals surface area contributed by atoms with Crippen LogP contribution in [0.15, 0.2) is 60.7 Å². The minimum atomic E-state index is -4.49. The highest BCUT2D eigenvalue weighted by molar-refractivity contribution is 7.48. The van der Waals surface area contributed by atoms with Crippen molar-refractivity contribution in [2.24, 2.45) is 0 Å². The Labute approximate surface area is 110 Å². The van der Waals surface area contributed by atoms with Crippen LogP contribution in [0, 0.1) is 0 Å². The number of carbonyl (C=O) groups is 1. The third-order valence-corrected chi connectivity index (χ3v) is 3.01. The van der Waals surface area contributed by atoms with E-state index in [1.54, 1.807) is 36.4 Å². The molecule has 0 aliphatic carbocycles. The zero-order valence-electron chi connectivity index (χ0n) is 9.80. The van der Waals surface area contributed by atoms with Crippen LogP contribution < -0.4 is 4.52 Å². The van der Waals surface area contributed by atoms with Gasteiger partial charge < -0.3 is 9.05 Å². The molecular formula is C13H11O5P. The first-order valence-electron chi connectivity index (χ1n) is 5.43. The van der Waals surface area contributed by atoms with Gasteiger partial charge in [-0.15, -0.1) is 0 Å². The van der Waals surface area contributed by atoms with E-state index in [0.717, 1.165) is 0 Å². The summed E-state index contributed by atoms with van der Waals surface area (Å²) < 4.78 is 20.9. The first-order chi connectivity index (χ1) is 9.07. The van der Waals surface area contributed by atoms with Crippen LogP contribution >= 0.6 is 7.82 Å². The van der Waals surface area contributed by atoms with Gasteiger partial charge in [-0.1, -0.05) is 36.4 Å². The molecule has 6 heteroatoms. The fraction of sp³-hybridized carbons (Fsp3) is 0. The Hall–Kier alpha value is -2.10. The molecule has 0 aromatic heterocycles. The summed E-state index contributed by atoms with van der Waals surface area (Å²) in [5.74, 6) is -0.767. The van der Waals surface area contributed by atoms with Crippen molar-refractivity contribution in [2.75, 3.05) is 0 Å². The van der Waals surface area contributed by atoms with Gasteiger partial charge in [0.2, 0.25) is 0 Å². The largest absolute Gasteiger partial charge is 0.587 e. The summed E-state index contributed by atoms with van der Waals surface area (Å²) in [6, 6.07) is 15.9. The van der Waals surface area contributed by atoms with E-state index in [1.165, 1.54) is 24.3 Å². The average molecular weight is 278 g/mol. The van der Waals surface area contributed by atoms with Crippen LogP contribution in [0.5, 0.6) is 5.75 Å². The summed E-state index contributed by atoms with van der Waals surface area (Å²) in [5, 5.41) is 0. The fourth-order valence-corrected chi connectivity index (χ4v) is 2.11. The Morgan fingerprint density at radius 2 is 1.47 bits per heavy atom. The zero-order chi connectivity index (χ0) is 13.7. The second-order valence-electron chi connectivity index (χ2n) is 3.62. The molecule has 1 atom stereocenters. The molecule has 0 amide bonds. The molecule has 98 valence electrons. The zero-order valence-corrected chi connectivity index (χ0v) is 10.7. The SMILES string of the molecule is O=C(OP(=O)(O)Oc1ccccc1)c1ccccc1. The van der Waals surface area contributed by atoms with E-state index < -0.39 is 13.8 Å². The van der Waals surface area contributed by atoms with Gasteiger partial charge in [-0.3, -0.25) is 4.89 Å². The first kappa shape index (κ1) is 13.3. The average Bonchev–Trinajstić information content (AvgIpc) is 2.39. The Morgan fingerprint density at radius 3 is 2.05 bits per heavy atom. The molecule has 0 aliphatic rings. The molecule has 0 saturated heterocycles. The summed E-state index contributed by atoms with van der Waals surface area (Å²) >= 11 is 0. The molecule has 1 unspecified atom stereocenters. The predicted octanol–water partition coefficient (Wildman–Crippen LogP) is 3.02. The molecule has 5 nitrogen and oxygen atoms in total. The van der Waals surface area contributed by atoms with E-state index in [0.29, 0.717) is 0 Å². The molecule has 19 heavy (non-hydrogen) atoms. The number of phosphoric ester groups is 1. The van der Waals surface area contributed by atoms with Gasteiger partial charge in [0, 0.05) is 0 Å². The third kappa shape index (κ3) is 3.95. The lowest BCUT2D eigenvalue weighted by molar-refractivity contribution is 0.0683. The highest BCUT2D eigenvalue weighted by atomic mass is 31.2. The monoisotopic (exact) mass is 278 g/mol. The van der Waals surface area contributed by atoms with Crippen LogP contribution in [-0.4, -0.2) is 10.9 Å². The third-order valence-electron chi connectivity index (χ3n) is 2.17. The van der Waals surface area contributed by atoms with Gasteiger partial charge in [0.1, 0.15) is 5.75 Å². The number of hydrogen-bond donors (Lipinski definition) is 1. The second-order valence-corrected chi connectivity index (χ2v) is 4.92. The number of hydrogen-bond acceptors (Lipinski definition) is 4. The van der Waals surface area contributed by atoms with Gasteiger partial charge in [-0.05, 0) is 24.3 Å². The maximum Gasteiger partial charge on any atom is 0.587 e. The summed E-state index contributed by atoms with van der Waals surface area (Å²) in [4.78, 5) is 21.1. The molecule has 0 aliphatic heterocycles. The van der Waals surface area contributed by atoms with Crippen LogP contribution in [0.2, 0.25) is 0 Å². The highest BCUT2D eigenvalue weighted by Gasteiger charge is 2.28. The number of phosphoric acid groups is 1. The van der Waals surface area contributed by atoms with Crippen molar-refractivity contribution in [1.29, 1.82) is 0 Å². The molecule has 0 bridgehead atoms. The Balaban J connectivity index is 2.06.